The summed E-state index contributed by atoms with van der Waals surface area (Å²) in [6.45, 7) is 1.71. The molecule has 1 aromatic carbocycles. The van der Waals surface area contributed by atoms with Crippen molar-refractivity contribution >= 4 is 28.5 Å². The average molecular weight is 305 g/mol. The summed E-state index contributed by atoms with van der Waals surface area (Å²) >= 11 is 2.15. The van der Waals surface area contributed by atoms with Gasteiger partial charge in [0.1, 0.15) is 0 Å². The highest BCUT2D eigenvalue weighted by Crippen LogP contribution is 2.07. The topological polar surface area (TPSA) is 49.3 Å². The van der Waals surface area contributed by atoms with Gasteiger partial charge in [0.25, 0.3) is 5.91 Å². The maximum Gasteiger partial charge on any atom is 0.251 e. The Morgan fingerprint density at radius 1 is 1.64 bits per heavy atom. The summed E-state index contributed by atoms with van der Waals surface area (Å²) < 4.78 is 1.02. The SMILES string of the molecule is CC(CO)NC(=O)c1cccc(I)c1. The van der Waals surface area contributed by atoms with E-state index in [9.17, 15) is 4.79 Å². The summed E-state index contributed by atoms with van der Waals surface area (Å²) in [6.07, 6.45) is 0. The Bertz CT molecular complexity index is 328. The average Bonchev–Trinajstić information content (AvgIpc) is 2.17. The first kappa shape index (κ1) is 11.5. The second-order valence-corrected chi connectivity index (χ2v) is 4.31. The van der Waals surface area contributed by atoms with Crippen LogP contribution in [0.1, 0.15) is 17.3 Å². The molecular weight excluding hydrogens is 293 g/mol. The van der Waals surface area contributed by atoms with E-state index in [2.05, 4.69) is 27.9 Å². The van der Waals surface area contributed by atoms with Gasteiger partial charge in [0.05, 0.1) is 6.61 Å². The second-order valence-electron chi connectivity index (χ2n) is 3.07. The van der Waals surface area contributed by atoms with Crippen molar-refractivity contribution in [2.45, 2.75) is 13.0 Å². The lowest BCUT2D eigenvalue weighted by atomic mass is 10.2. The van der Waals surface area contributed by atoms with E-state index >= 15 is 0 Å². The van der Waals surface area contributed by atoms with E-state index in [0.717, 1.165) is 3.57 Å². The number of aliphatic hydroxyl groups is 1. The van der Waals surface area contributed by atoms with E-state index in [-0.39, 0.29) is 18.6 Å². The largest absolute Gasteiger partial charge is 0.394 e. The summed E-state index contributed by atoms with van der Waals surface area (Å²) in [6, 6.07) is 7.11. The Hall–Kier alpha value is -0.620. The zero-order valence-electron chi connectivity index (χ0n) is 7.83. The van der Waals surface area contributed by atoms with Crippen molar-refractivity contribution < 1.29 is 9.90 Å². The molecule has 1 unspecified atom stereocenters. The van der Waals surface area contributed by atoms with Crippen molar-refractivity contribution in [1.82, 2.24) is 5.32 Å². The molecule has 1 rings (SSSR count). The van der Waals surface area contributed by atoms with Crippen LogP contribution in [0.2, 0.25) is 0 Å². The van der Waals surface area contributed by atoms with Gasteiger partial charge < -0.3 is 10.4 Å². The molecule has 4 heteroatoms. The third-order valence-corrected chi connectivity index (χ3v) is 2.41. The first-order chi connectivity index (χ1) is 6.63. The van der Waals surface area contributed by atoms with Crippen LogP contribution in [0.15, 0.2) is 24.3 Å². The highest BCUT2D eigenvalue weighted by atomic mass is 127. The van der Waals surface area contributed by atoms with Crippen LogP contribution < -0.4 is 5.32 Å². The molecule has 0 aliphatic carbocycles. The van der Waals surface area contributed by atoms with Gasteiger partial charge in [-0.1, -0.05) is 6.07 Å². The Morgan fingerprint density at radius 2 is 2.36 bits per heavy atom. The minimum absolute atomic E-state index is 0.0460. The second kappa shape index (κ2) is 5.31. The molecule has 0 aliphatic heterocycles. The molecule has 0 saturated heterocycles. The smallest absolute Gasteiger partial charge is 0.251 e. The molecule has 0 heterocycles. The van der Waals surface area contributed by atoms with Crippen LogP contribution in [0.25, 0.3) is 0 Å². The standard InChI is InChI=1S/C10H12INO2/c1-7(6-13)12-10(14)8-3-2-4-9(11)5-8/h2-5,7,13H,6H2,1H3,(H,12,14). The first-order valence-corrected chi connectivity index (χ1v) is 5.38. The van der Waals surface area contributed by atoms with Crippen molar-refractivity contribution in [1.29, 1.82) is 0 Å². The molecule has 3 nitrogen and oxygen atoms in total. The van der Waals surface area contributed by atoms with E-state index < -0.39 is 0 Å². The zero-order chi connectivity index (χ0) is 10.6. The van der Waals surface area contributed by atoms with E-state index in [1.54, 1.807) is 19.1 Å². The number of carbonyl (C=O) groups is 1. The predicted octanol–water partition coefficient (Wildman–Crippen LogP) is 1.40. The lowest BCUT2D eigenvalue weighted by Crippen LogP contribution is -2.34. The number of hydrogen-bond donors (Lipinski definition) is 2. The third-order valence-electron chi connectivity index (χ3n) is 1.74. The van der Waals surface area contributed by atoms with Crippen LogP contribution in [0.5, 0.6) is 0 Å². The normalized spacial score (nSPS) is 12.2. The molecule has 0 saturated carbocycles. The van der Waals surface area contributed by atoms with Crippen molar-refractivity contribution in [3.63, 3.8) is 0 Å². The molecule has 1 aromatic rings. The van der Waals surface area contributed by atoms with Gasteiger partial charge in [-0.25, -0.2) is 0 Å². The Labute approximate surface area is 96.7 Å². The monoisotopic (exact) mass is 305 g/mol. The molecule has 0 radical (unpaired) electrons. The highest BCUT2D eigenvalue weighted by molar-refractivity contribution is 14.1. The molecular formula is C10H12INO2. The highest BCUT2D eigenvalue weighted by Gasteiger charge is 2.08. The van der Waals surface area contributed by atoms with Gasteiger partial charge in [-0.2, -0.15) is 0 Å². The van der Waals surface area contributed by atoms with Crippen LogP contribution in [0.4, 0.5) is 0 Å². The van der Waals surface area contributed by atoms with Gasteiger partial charge in [0.2, 0.25) is 0 Å². The van der Waals surface area contributed by atoms with Crippen molar-refractivity contribution in [3.8, 4) is 0 Å². The summed E-state index contributed by atoms with van der Waals surface area (Å²) in [5, 5.41) is 11.4. The van der Waals surface area contributed by atoms with Gasteiger partial charge in [0, 0.05) is 15.2 Å². The molecule has 2 N–H and O–H groups in total. The maximum absolute atomic E-state index is 11.5. The molecule has 0 fully saturated rings. The van der Waals surface area contributed by atoms with E-state index in [0.29, 0.717) is 5.56 Å². The zero-order valence-corrected chi connectivity index (χ0v) is 9.98. The summed E-state index contributed by atoms with van der Waals surface area (Å²) in [5.41, 5.74) is 0.622. The fourth-order valence-corrected chi connectivity index (χ4v) is 1.53. The number of halogens is 1. The molecule has 76 valence electrons. The number of aliphatic hydroxyl groups excluding tert-OH is 1. The van der Waals surface area contributed by atoms with Gasteiger partial charge in [-0.05, 0) is 47.7 Å². The number of benzene rings is 1. The van der Waals surface area contributed by atoms with Crippen molar-refractivity contribution in [2.75, 3.05) is 6.61 Å². The van der Waals surface area contributed by atoms with Crippen molar-refractivity contribution in [3.05, 3.63) is 33.4 Å². The summed E-state index contributed by atoms with van der Waals surface area (Å²) in [7, 11) is 0. The van der Waals surface area contributed by atoms with E-state index in [1.165, 1.54) is 0 Å². The fraction of sp³-hybridized carbons (Fsp3) is 0.300. The molecule has 1 atom stereocenters. The quantitative estimate of drug-likeness (QED) is 0.830. The first-order valence-electron chi connectivity index (χ1n) is 4.30. The number of amides is 1. The van der Waals surface area contributed by atoms with E-state index in [4.69, 9.17) is 5.11 Å². The lowest BCUT2D eigenvalue weighted by Gasteiger charge is -2.10. The fourth-order valence-electron chi connectivity index (χ4n) is 0.982. The third kappa shape index (κ3) is 3.26. The van der Waals surface area contributed by atoms with Crippen LogP contribution in [0, 0.1) is 3.57 Å². The van der Waals surface area contributed by atoms with Crippen LogP contribution >= 0.6 is 22.6 Å². The minimum atomic E-state index is -0.208. The predicted molar refractivity (Wildman–Crippen MR) is 63.2 cm³/mol. The molecule has 0 aliphatic rings. The summed E-state index contributed by atoms with van der Waals surface area (Å²) in [5.74, 6) is -0.148. The number of hydrogen-bond acceptors (Lipinski definition) is 2. The van der Waals surface area contributed by atoms with Gasteiger partial charge in [-0.15, -0.1) is 0 Å². The Kier molecular flexibility index (Phi) is 4.34. The van der Waals surface area contributed by atoms with E-state index in [1.807, 2.05) is 12.1 Å². The van der Waals surface area contributed by atoms with Gasteiger partial charge >= 0.3 is 0 Å². The minimum Gasteiger partial charge on any atom is -0.394 e. The number of carbonyl (C=O) groups excluding carboxylic acids is 1. The molecule has 1 amide bonds. The molecule has 14 heavy (non-hydrogen) atoms. The number of nitrogens with one attached hydrogen (secondary N) is 1. The molecule has 0 bridgehead atoms. The van der Waals surface area contributed by atoms with Crippen molar-refractivity contribution in [2.24, 2.45) is 0 Å². The number of rotatable bonds is 3. The molecule has 0 spiro atoms. The van der Waals surface area contributed by atoms with Gasteiger partial charge in [-0.3, -0.25) is 4.79 Å². The maximum atomic E-state index is 11.5. The Balaban J connectivity index is 2.70. The summed E-state index contributed by atoms with van der Waals surface area (Å²) in [4.78, 5) is 11.5. The lowest BCUT2D eigenvalue weighted by molar-refractivity contribution is 0.0922. The van der Waals surface area contributed by atoms with Crippen LogP contribution in [-0.4, -0.2) is 23.7 Å². The Morgan fingerprint density at radius 3 is 2.93 bits per heavy atom. The van der Waals surface area contributed by atoms with Crippen LogP contribution in [0.3, 0.4) is 0 Å². The van der Waals surface area contributed by atoms with Gasteiger partial charge in [0.15, 0.2) is 0 Å². The van der Waals surface area contributed by atoms with Crippen LogP contribution in [-0.2, 0) is 0 Å². The molecule has 0 aromatic heterocycles.